The molecule has 23 heavy (non-hydrogen) atoms. The SMILES string of the molecule is COc1ccc(C(=O)N2CCC3(CC2)CC(=O)NC(=O)C3)cn1. The van der Waals surface area contributed by atoms with Crippen LogP contribution in [-0.2, 0) is 9.59 Å². The van der Waals surface area contributed by atoms with E-state index in [1.807, 2.05) is 0 Å². The van der Waals surface area contributed by atoms with E-state index in [1.165, 1.54) is 13.3 Å². The number of piperidine rings is 2. The first kappa shape index (κ1) is 15.5. The predicted octanol–water partition coefficient (Wildman–Crippen LogP) is 0.749. The van der Waals surface area contributed by atoms with Crippen molar-refractivity contribution in [1.29, 1.82) is 0 Å². The summed E-state index contributed by atoms with van der Waals surface area (Å²) >= 11 is 0. The summed E-state index contributed by atoms with van der Waals surface area (Å²) < 4.78 is 4.98. The molecule has 0 saturated carbocycles. The van der Waals surface area contributed by atoms with Crippen molar-refractivity contribution in [3.8, 4) is 5.88 Å². The number of carbonyl (C=O) groups excluding carboxylic acids is 3. The molecule has 1 spiro atoms. The van der Waals surface area contributed by atoms with E-state index in [0.29, 0.717) is 50.2 Å². The van der Waals surface area contributed by atoms with E-state index in [9.17, 15) is 14.4 Å². The van der Waals surface area contributed by atoms with Crippen LogP contribution in [0.4, 0.5) is 0 Å². The quantitative estimate of drug-likeness (QED) is 0.813. The van der Waals surface area contributed by atoms with Crippen LogP contribution in [0, 0.1) is 5.41 Å². The molecule has 0 radical (unpaired) electrons. The molecule has 7 heteroatoms. The first-order valence-corrected chi connectivity index (χ1v) is 7.63. The van der Waals surface area contributed by atoms with Gasteiger partial charge in [0.15, 0.2) is 0 Å². The third-order valence-electron chi connectivity index (χ3n) is 4.65. The van der Waals surface area contributed by atoms with Crippen molar-refractivity contribution in [3.05, 3.63) is 23.9 Å². The van der Waals surface area contributed by atoms with Gasteiger partial charge in [-0.15, -0.1) is 0 Å². The van der Waals surface area contributed by atoms with Crippen molar-refractivity contribution in [3.63, 3.8) is 0 Å². The van der Waals surface area contributed by atoms with Crippen LogP contribution in [0.2, 0.25) is 0 Å². The molecule has 1 aromatic heterocycles. The summed E-state index contributed by atoms with van der Waals surface area (Å²) in [4.78, 5) is 41.5. The molecule has 0 atom stereocenters. The minimum absolute atomic E-state index is 0.0819. The zero-order chi connectivity index (χ0) is 16.4. The van der Waals surface area contributed by atoms with Crippen molar-refractivity contribution in [2.24, 2.45) is 5.41 Å². The first-order valence-electron chi connectivity index (χ1n) is 7.63. The van der Waals surface area contributed by atoms with Crippen LogP contribution >= 0.6 is 0 Å². The first-order chi connectivity index (χ1) is 11.0. The van der Waals surface area contributed by atoms with Gasteiger partial charge in [0.05, 0.1) is 12.7 Å². The van der Waals surface area contributed by atoms with Gasteiger partial charge >= 0.3 is 0 Å². The van der Waals surface area contributed by atoms with Gasteiger partial charge in [-0.1, -0.05) is 0 Å². The lowest BCUT2D eigenvalue weighted by molar-refractivity contribution is -0.139. The molecule has 2 fully saturated rings. The van der Waals surface area contributed by atoms with Gasteiger partial charge in [0.2, 0.25) is 17.7 Å². The van der Waals surface area contributed by atoms with E-state index in [2.05, 4.69) is 10.3 Å². The maximum Gasteiger partial charge on any atom is 0.255 e. The number of hydrogen-bond donors (Lipinski definition) is 1. The fraction of sp³-hybridized carbons (Fsp3) is 0.500. The number of nitrogens with zero attached hydrogens (tertiary/aromatic N) is 2. The maximum atomic E-state index is 12.5. The van der Waals surface area contributed by atoms with Crippen LogP contribution in [0.5, 0.6) is 5.88 Å². The summed E-state index contributed by atoms with van der Waals surface area (Å²) in [5.74, 6) is -0.0340. The molecule has 0 unspecified atom stereocenters. The Labute approximate surface area is 134 Å². The van der Waals surface area contributed by atoms with Crippen LogP contribution in [0.1, 0.15) is 36.0 Å². The van der Waals surface area contributed by atoms with Gasteiger partial charge in [0, 0.05) is 38.2 Å². The highest BCUT2D eigenvalue weighted by molar-refractivity contribution is 5.98. The number of imide groups is 1. The number of ether oxygens (including phenoxy) is 1. The number of likely N-dealkylation sites (tertiary alicyclic amines) is 1. The van der Waals surface area contributed by atoms with E-state index >= 15 is 0 Å². The summed E-state index contributed by atoms with van der Waals surface area (Å²) in [5.41, 5.74) is 0.230. The van der Waals surface area contributed by atoms with Gasteiger partial charge in [0.25, 0.3) is 5.91 Å². The minimum atomic E-state index is -0.283. The smallest absolute Gasteiger partial charge is 0.255 e. The topological polar surface area (TPSA) is 88.6 Å². The summed E-state index contributed by atoms with van der Waals surface area (Å²) in [5, 5.41) is 2.34. The van der Waals surface area contributed by atoms with Crippen molar-refractivity contribution in [2.75, 3.05) is 20.2 Å². The highest BCUT2D eigenvalue weighted by atomic mass is 16.5. The fourth-order valence-corrected chi connectivity index (χ4v) is 3.34. The number of carbonyl (C=O) groups is 3. The van der Waals surface area contributed by atoms with E-state index < -0.39 is 0 Å². The van der Waals surface area contributed by atoms with Gasteiger partial charge in [-0.25, -0.2) is 4.98 Å². The molecular formula is C16H19N3O4. The fourth-order valence-electron chi connectivity index (χ4n) is 3.34. The van der Waals surface area contributed by atoms with E-state index in [4.69, 9.17) is 4.74 Å². The molecular weight excluding hydrogens is 298 g/mol. The average Bonchev–Trinajstić information content (AvgIpc) is 2.54. The van der Waals surface area contributed by atoms with Crippen molar-refractivity contribution in [2.45, 2.75) is 25.7 Å². The molecule has 0 aliphatic carbocycles. The molecule has 3 rings (SSSR count). The van der Waals surface area contributed by atoms with Crippen LogP contribution in [-0.4, -0.2) is 47.8 Å². The number of amides is 3. The normalized spacial score (nSPS) is 20.3. The van der Waals surface area contributed by atoms with Crippen molar-refractivity contribution in [1.82, 2.24) is 15.2 Å². The van der Waals surface area contributed by atoms with E-state index in [-0.39, 0.29) is 23.1 Å². The molecule has 3 heterocycles. The Morgan fingerprint density at radius 3 is 2.39 bits per heavy atom. The Bertz CT molecular complexity index is 615. The monoisotopic (exact) mass is 317 g/mol. The number of methoxy groups -OCH3 is 1. The van der Waals surface area contributed by atoms with Crippen molar-refractivity contribution >= 4 is 17.7 Å². The number of nitrogens with one attached hydrogen (secondary N) is 1. The third kappa shape index (κ3) is 3.18. The average molecular weight is 317 g/mol. The standard InChI is InChI=1S/C16H19N3O4/c1-23-14-3-2-11(10-17-14)15(22)19-6-4-16(5-7-19)8-12(20)18-13(21)9-16/h2-3,10H,4-9H2,1H3,(H,18,20,21). The summed E-state index contributed by atoms with van der Waals surface area (Å²) in [6, 6.07) is 3.35. The molecule has 0 bridgehead atoms. The Balaban J connectivity index is 1.65. The second kappa shape index (κ2) is 5.98. The van der Waals surface area contributed by atoms with Gasteiger partial charge in [-0.3, -0.25) is 19.7 Å². The van der Waals surface area contributed by atoms with Crippen LogP contribution in [0.25, 0.3) is 0 Å². The Kier molecular flexibility index (Phi) is 4.02. The summed E-state index contributed by atoms with van der Waals surface area (Å²) in [7, 11) is 1.52. The molecule has 0 aromatic carbocycles. The summed E-state index contributed by atoms with van der Waals surface area (Å²) in [6.45, 7) is 1.09. The number of hydrogen-bond acceptors (Lipinski definition) is 5. The highest BCUT2D eigenvalue weighted by Gasteiger charge is 2.42. The van der Waals surface area contributed by atoms with Gasteiger partial charge < -0.3 is 9.64 Å². The molecule has 122 valence electrons. The molecule has 3 amide bonds. The lowest BCUT2D eigenvalue weighted by Gasteiger charge is -2.43. The number of pyridine rings is 1. The second-order valence-electron chi connectivity index (χ2n) is 6.21. The van der Waals surface area contributed by atoms with E-state index in [1.54, 1.807) is 17.0 Å². The van der Waals surface area contributed by atoms with Crippen LogP contribution in [0.3, 0.4) is 0 Å². The largest absolute Gasteiger partial charge is 0.481 e. The molecule has 1 N–H and O–H groups in total. The second-order valence-corrected chi connectivity index (χ2v) is 6.21. The molecule has 2 saturated heterocycles. The molecule has 7 nitrogen and oxygen atoms in total. The zero-order valence-corrected chi connectivity index (χ0v) is 13.0. The summed E-state index contributed by atoms with van der Waals surface area (Å²) in [6.07, 6.45) is 3.57. The van der Waals surface area contributed by atoms with Crippen molar-refractivity contribution < 1.29 is 19.1 Å². The molecule has 2 aliphatic rings. The lowest BCUT2D eigenvalue weighted by atomic mass is 9.71. The number of aromatic nitrogens is 1. The van der Waals surface area contributed by atoms with Gasteiger partial charge in [0.1, 0.15) is 0 Å². The predicted molar refractivity (Wildman–Crippen MR) is 80.7 cm³/mol. The zero-order valence-electron chi connectivity index (χ0n) is 13.0. The Morgan fingerprint density at radius 1 is 1.22 bits per heavy atom. The Hall–Kier alpha value is -2.44. The van der Waals surface area contributed by atoms with Gasteiger partial charge in [-0.2, -0.15) is 0 Å². The van der Waals surface area contributed by atoms with Gasteiger partial charge in [-0.05, 0) is 24.3 Å². The molecule has 2 aliphatic heterocycles. The van der Waals surface area contributed by atoms with E-state index in [0.717, 1.165) is 0 Å². The maximum absolute atomic E-state index is 12.5. The van der Waals surface area contributed by atoms with Crippen LogP contribution in [0.15, 0.2) is 18.3 Å². The molecule has 1 aromatic rings. The minimum Gasteiger partial charge on any atom is -0.481 e. The number of rotatable bonds is 2. The Morgan fingerprint density at radius 2 is 1.87 bits per heavy atom. The van der Waals surface area contributed by atoms with Crippen LogP contribution < -0.4 is 10.1 Å². The lowest BCUT2D eigenvalue weighted by Crippen LogP contribution is -2.50. The third-order valence-corrected chi connectivity index (χ3v) is 4.65. The highest BCUT2D eigenvalue weighted by Crippen LogP contribution is 2.40.